The highest BCUT2D eigenvalue weighted by molar-refractivity contribution is 7.57. The van der Waals surface area contributed by atoms with Crippen LogP contribution >= 0.6 is 30.6 Å². The third-order valence-electron chi connectivity index (χ3n) is 11.2. The van der Waals surface area contributed by atoms with Crippen LogP contribution in [0.2, 0.25) is 5.28 Å². The smallest absolute Gasteiger partial charge is 0.431 e. The molecular formula is C53H73Cl2F3N9O12P. The molecule has 0 spiro atoms. The lowest BCUT2D eigenvalue weighted by Crippen LogP contribution is -2.43. The van der Waals surface area contributed by atoms with Gasteiger partial charge in [0.1, 0.15) is 35.7 Å². The van der Waals surface area contributed by atoms with Crippen LogP contribution in [0.5, 0.6) is 11.5 Å². The zero-order valence-corrected chi connectivity index (χ0v) is 49.3. The number of carbonyl (C=O) groups excluding carboxylic acids is 2. The average Bonchev–Trinajstić information content (AvgIpc) is 3.38. The second-order valence-electron chi connectivity index (χ2n) is 18.1. The van der Waals surface area contributed by atoms with E-state index in [9.17, 15) is 41.7 Å². The predicted octanol–water partition coefficient (Wildman–Crippen LogP) is 8.27. The minimum absolute atomic E-state index is 0.0223. The largest absolute Gasteiger partial charge is 0.489 e. The number of anilines is 3. The van der Waals surface area contributed by atoms with Crippen molar-refractivity contribution in [2.75, 3.05) is 61.6 Å². The molecule has 442 valence electrons. The van der Waals surface area contributed by atoms with Crippen molar-refractivity contribution in [2.24, 2.45) is 12.8 Å². The third-order valence-corrected chi connectivity index (χ3v) is 12.7. The summed E-state index contributed by atoms with van der Waals surface area (Å²) in [5, 5.41) is 14.5. The Morgan fingerprint density at radius 1 is 0.925 bits per heavy atom. The monoisotopic (exact) mass is 1190 g/mol. The summed E-state index contributed by atoms with van der Waals surface area (Å²) in [5.41, 5.74) is 6.50. The molecule has 0 fully saturated rings. The van der Waals surface area contributed by atoms with E-state index in [1.807, 2.05) is 71.9 Å². The van der Waals surface area contributed by atoms with Gasteiger partial charge in [-0.15, -0.1) is 11.6 Å². The number of amides is 1. The average molecular weight is 1190 g/mol. The van der Waals surface area contributed by atoms with Crippen molar-refractivity contribution in [3.63, 3.8) is 0 Å². The molecule has 0 aliphatic rings. The fraction of sp³-hybridized carbons (Fsp3) is 0.472. The highest BCUT2D eigenvalue weighted by atomic mass is 35.5. The van der Waals surface area contributed by atoms with Crippen molar-refractivity contribution < 1.29 is 61.1 Å². The van der Waals surface area contributed by atoms with Crippen LogP contribution < -0.4 is 42.0 Å². The molecule has 0 saturated carbocycles. The number of para-hydroxylation sites is 1. The number of hydrogen-bond acceptors (Lipinski definition) is 16. The van der Waals surface area contributed by atoms with Crippen molar-refractivity contribution in [3.05, 3.63) is 121 Å². The Hall–Kier alpha value is -6.56. The Morgan fingerprint density at radius 2 is 1.56 bits per heavy atom. The molecule has 27 heteroatoms. The lowest BCUT2D eigenvalue weighted by atomic mass is 10.0. The lowest BCUT2D eigenvalue weighted by molar-refractivity contribution is -0.148. The summed E-state index contributed by atoms with van der Waals surface area (Å²) in [5.74, 6) is 0.0564. The van der Waals surface area contributed by atoms with Crippen LogP contribution in [0.15, 0.2) is 76.3 Å². The van der Waals surface area contributed by atoms with E-state index in [1.165, 1.54) is 38.0 Å². The Kier molecular flexibility index (Phi) is 28.9. The first-order valence-corrected chi connectivity index (χ1v) is 28.3. The lowest BCUT2D eigenvalue weighted by Gasteiger charge is -2.31. The van der Waals surface area contributed by atoms with Gasteiger partial charge in [0.15, 0.2) is 13.5 Å². The number of aromatic nitrogens is 5. The maximum Gasteiger partial charge on any atom is 0.431 e. The molecule has 4 atom stereocenters. The molecule has 5 aromatic rings. The maximum atomic E-state index is 13.1. The number of carbonyl (C=O) groups is 3. The molecule has 4 unspecified atom stereocenters. The number of ether oxygens (including phenoxy) is 4. The minimum Gasteiger partial charge on any atom is -0.489 e. The molecule has 0 bridgehead atoms. The third kappa shape index (κ3) is 22.5. The van der Waals surface area contributed by atoms with Crippen LogP contribution in [0.25, 0.3) is 5.69 Å². The first-order valence-electron chi connectivity index (χ1n) is 25.1. The molecule has 5 rings (SSSR count). The number of halogens is 5. The van der Waals surface area contributed by atoms with E-state index in [0.29, 0.717) is 50.8 Å². The topological polar surface area (TPSA) is 282 Å². The van der Waals surface area contributed by atoms with E-state index in [1.54, 1.807) is 18.9 Å². The molecule has 21 nitrogen and oxygen atoms in total. The van der Waals surface area contributed by atoms with Gasteiger partial charge in [0.25, 0.3) is 5.56 Å². The number of rotatable bonds is 22. The van der Waals surface area contributed by atoms with Crippen LogP contribution in [0.1, 0.15) is 82.8 Å². The molecule has 0 aliphatic heterocycles. The zero-order valence-electron chi connectivity index (χ0n) is 46.9. The molecule has 0 radical (unpaired) electrons. The standard InChI is InChI=1S/C25H25F3N2O6.C15H22ClNO2.C8H14ClN5.C5H12NO4P/c1-5-16-6-7-17(20(12-16)36-15(2)23(32)34-4)14-35-19-10-8-18(9-11-19)30-22(31)13-21(25(26,27)28)29(3)24(30)33;1-5-13-8-6-7-11(2)15(13)17(14(18)9-16)12(3)10-19-4;1-4-10-7-12-6(9)13-8(14-7)11-5(2)3;1-11(9,10)3-2-4(6)5(7)8/h6-13,15H,5,14H2,1-4H3;6-8,12H,5,9-10H2,1-4H3;5H,4H2,1-3H3,(H2,10,11,12,13,14);4H,2-3,6H2,1H3,(H,7,8)(H,9,10). The number of alkyl halides is 4. The van der Waals surface area contributed by atoms with Crippen LogP contribution in [0, 0.1) is 6.92 Å². The Labute approximate surface area is 473 Å². The number of nitrogens with one attached hydrogen (secondary N) is 2. The quantitative estimate of drug-likeness (QED) is 0.0248. The van der Waals surface area contributed by atoms with Gasteiger partial charge in [-0.1, -0.05) is 44.2 Å². The van der Waals surface area contributed by atoms with Gasteiger partial charge < -0.3 is 50.2 Å². The number of benzene rings is 3. The number of esters is 1. The van der Waals surface area contributed by atoms with E-state index >= 15 is 0 Å². The van der Waals surface area contributed by atoms with Crippen molar-refractivity contribution in [2.45, 2.75) is 112 Å². The summed E-state index contributed by atoms with van der Waals surface area (Å²) >= 11 is 11.5. The molecule has 3 aromatic carbocycles. The number of aryl methyl sites for hydroxylation is 3. The van der Waals surface area contributed by atoms with Gasteiger partial charge in [0.05, 0.1) is 31.1 Å². The first kappa shape index (κ1) is 69.5. The minimum atomic E-state index is -4.84. The number of aliphatic carboxylic acids is 1. The fourth-order valence-corrected chi connectivity index (χ4v) is 8.22. The first-order chi connectivity index (χ1) is 37.5. The van der Waals surface area contributed by atoms with Crippen molar-refractivity contribution in [3.8, 4) is 17.2 Å². The van der Waals surface area contributed by atoms with Gasteiger partial charge in [-0.3, -0.25) is 23.5 Å². The van der Waals surface area contributed by atoms with E-state index < -0.39 is 54.6 Å². The zero-order chi connectivity index (χ0) is 60.7. The normalized spacial score (nSPS) is 12.8. The van der Waals surface area contributed by atoms with E-state index in [2.05, 4.69) is 38.6 Å². The molecule has 2 aromatic heterocycles. The summed E-state index contributed by atoms with van der Waals surface area (Å²) in [6.45, 7) is 18.1. The summed E-state index contributed by atoms with van der Waals surface area (Å²) in [7, 11) is 0.753. The number of hydrogen-bond donors (Lipinski definition) is 5. The van der Waals surface area contributed by atoms with Gasteiger partial charge in [-0.05, 0) is 119 Å². The highest BCUT2D eigenvalue weighted by Gasteiger charge is 2.35. The molecule has 80 heavy (non-hydrogen) atoms. The second kappa shape index (κ2) is 33.3. The van der Waals surface area contributed by atoms with Gasteiger partial charge in [0.2, 0.25) is 23.1 Å². The Bertz CT molecular complexity index is 2980. The SMILES string of the molecule is CCNc1nc(Cl)nc(NC(C)C)n1.CCc1ccc(COc2ccc(-n3c(=O)cc(C(F)(F)F)n(C)c3=O)cc2)c(OC(C)C(=O)OC)c1.CCc1cccc(C)c1N(C(=O)CCl)C(C)COC.CP(=O)(O)CCC(N)C(=O)O. The molecule has 0 saturated heterocycles. The van der Waals surface area contributed by atoms with Gasteiger partial charge in [-0.2, -0.15) is 28.1 Å². The molecule has 1 amide bonds. The van der Waals surface area contributed by atoms with Crippen molar-refractivity contribution in [1.82, 2.24) is 24.1 Å². The van der Waals surface area contributed by atoms with Gasteiger partial charge >= 0.3 is 23.8 Å². The second-order valence-corrected chi connectivity index (χ2v) is 21.3. The number of carboxylic acids is 1. The summed E-state index contributed by atoms with van der Waals surface area (Å²) in [4.78, 5) is 81.3. The molecular weight excluding hydrogens is 1110 g/mol. The number of nitrogens with two attached hydrogens (primary N) is 1. The Morgan fingerprint density at radius 3 is 2.09 bits per heavy atom. The summed E-state index contributed by atoms with van der Waals surface area (Å²) in [6, 6.07) is 16.9. The van der Waals surface area contributed by atoms with Crippen LogP contribution in [-0.2, 0) is 61.1 Å². The van der Waals surface area contributed by atoms with Crippen molar-refractivity contribution >= 4 is 66.0 Å². The van der Waals surface area contributed by atoms with E-state index in [-0.39, 0.29) is 54.0 Å². The molecule has 0 aliphatic carbocycles. The van der Waals surface area contributed by atoms with E-state index in [4.69, 9.17) is 57.9 Å². The van der Waals surface area contributed by atoms with E-state index in [0.717, 1.165) is 48.8 Å². The van der Waals surface area contributed by atoms with Crippen LogP contribution in [0.4, 0.5) is 30.8 Å². The maximum absolute atomic E-state index is 13.1. The Balaban J connectivity index is 0.000000414. The highest BCUT2D eigenvalue weighted by Crippen LogP contribution is 2.36. The summed E-state index contributed by atoms with van der Waals surface area (Å²) < 4.78 is 72.3. The molecule has 2 heterocycles. The summed E-state index contributed by atoms with van der Waals surface area (Å²) in [6.07, 6.45) is -4.03. The van der Waals surface area contributed by atoms with Crippen LogP contribution in [-0.4, -0.2) is 122 Å². The van der Waals surface area contributed by atoms with Gasteiger partial charge in [-0.25, -0.2) is 14.2 Å². The fourth-order valence-electron chi connectivity index (χ4n) is 7.17. The van der Waals surface area contributed by atoms with Gasteiger partial charge in [0, 0.05) is 51.2 Å². The number of methoxy groups -OCH3 is 2. The predicted molar refractivity (Wildman–Crippen MR) is 303 cm³/mol. The molecule has 6 N–H and O–H groups in total. The number of carboxylic acid groups (broad SMARTS) is 1. The van der Waals surface area contributed by atoms with Crippen molar-refractivity contribution in [1.29, 1.82) is 0 Å². The number of nitrogens with zero attached hydrogens (tertiary/aromatic N) is 6. The van der Waals surface area contributed by atoms with Crippen LogP contribution in [0.3, 0.4) is 0 Å².